The fourth-order valence-electron chi connectivity index (χ4n) is 7.28. The summed E-state index contributed by atoms with van der Waals surface area (Å²) in [6, 6.07) is 61.2. The zero-order chi connectivity index (χ0) is 33.7. The topological polar surface area (TPSA) is 51.8 Å². The molecule has 238 valence electrons. The minimum Gasteiger partial charge on any atom is -0.456 e. The molecule has 4 nitrogen and oxygen atoms in total. The Labute approximate surface area is 294 Å². The second-order valence-corrected chi connectivity index (χ2v) is 12.8. The summed E-state index contributed by atoms with van der Waals surface area (Å²) in [6.45, 7) is 0. The highest BCUT2D eigenvalue weighted by molar-refractivity contribution is 6.13. The van der Waals surface area contributed by atoms with E-state index < -0.39 is 0 Å². The molecule has 4 heteroatoms. The van der Waals surface area contributed by atoms with Gasteiger partial charge in [0.15, 0.2) is 17.5 Å². The molecule has 0 bridgehead atoms. The molecule has 0 saturated carbocycles. The van der Waals surface area contributed by atoms with Crippen LogP contribution >= 0.6 is 0 Å². The standard InChI is InChI=1S/C47H29N3O/c1-3-13-31(14-4-1)45-48-46(32-15-5-2-6-16-32)50-47(49-45)40-20-11-21-43-44(40)41-29-35(25-27-42(41)51-43)38-19-10-9-18-37(38)34-24-26-39-33(28-34)23-22-30-12-7-8-17-36(30)39/h1-29H. The average molecular weight is 652 g/mol. The Balaban J connectivity index is 1.14. The van der Waals surface area contributed by atoms with Gasteiger partial charge in [-0.3, -0.25) is 0 Å². The van der Waals surface area contributed by atoms with Crippen LogP contribution in [0.1, 0.15) is 0 Å². The first-order valence-electron chi connectivity index (χ1n) is 17.1. The predicted octanol–water partition coefficient (Wildman–Crippen LogP) is 12.4. The lowest BCUT2D eigenvalue weighted by Gasteiger charge is -2.12. The lowest BCUT2D eigenvalue weighted by Crippen LogP contribution is -2.00. The van der Waals surface area contributed by atoms with Crippen molar-refractivity contribution in [3.05, 3.63) is 176 Å². The minimum absolute atomic E-state index is 0.602. The number of nitrogens with zero attached hydrogens (tertiary/aromatic N) is 3. The van der Waals surface area contributed by atoms with Crippen LogP contribution in [0.3, 0.4) is 0 Å². The van der Waals surface area contributed by atoms with Crippen LogP contribution in [0.4, 0.5) is 0 Å². The van der Waals surface area contributed by atoms with Crippen molar-refractivity contribution in [3.63, 3.8) is 0 Å². The summed E-state index contributed by atoms with van der Waals surface area (Å²) in [5.41, 5.74) is 9.00. The lowest BCUT2D eigenvalue weighted by atomic mass is 9.91. The molecule has 0 aliphatic heterocycles. The van der Waals surface area contributed by atoms with E-state index in [9.17, 15) is 0 Å². The highest BCUT2D eigenvalue weighted by atomic mass is 16.3. The van der Waals surface area contributed by atoms with Gasteiger partial charge in [0, 0.05) is 27.5 Å². The number of fused-ring (bicyclic) bond motifs is 6. The number of benzene rings is 8. The summed E-state index contributed by atoms with van der Waals surface area (Å²) in [6.07, 6.45) is 0. The highest BCUT2D eigenvalue weighted by Gasteiger charge is 2.19. The summed E-state index contributed by atoms with van der Waals surface area (Å²) < 4.78 is 6.46. The molecular weight excluding hydrogens is 623 g/mol. The molecule has 0 fully saturated rings. The first-order valence-corrected chi connectivity index (χ1v) is 17.1. The normalized spacial score (nSPS) is 11.5. The van der Waals surface area contributed by atoms with Gasteiger partial charge < -0.3 is 4.42 Å². The van der Waals surface area contributed by atoms with E-state index in [0.29, 0.717) is 17.5 Å². The molecule has 0 unspecified atom stereocenters. The van der Waals surface area contributed by atoms with Crippen molar-refractivity contribution in [3.8, 4) is 56.4 Å². The van der Waals surface area contributed by atoms with Gasteiger partial charge in [-0.15, -0.1) is 0 Å². The van der Waals surface area contributed by atoms with Crippen molar-refractivity contribution in [1.29, 1.82) is 0 Å². The summed E-state index contributed by atoms with van der Waals surface area (Å²) >= 11 is 0. The molecule has 10 rings (SSSR count). The second kappa shape index (κ2) is 11.9. The van der Waals surface area contributed by atoms with E-state index in [4.69, 9.17) is 19.4 Å². The molecule has 0 aliphatic carbocycles. The summed E-state index contributed by atoms with van der Waals surface area (Å²) in [4.78, 5) is 15.0. The Kier molecular flexibility index (Phi) is 6.78. The monoisotopic (exact) mass is 651 g/mol. The van der Waals surface area contributed by atoms with Gasteiger partial charge in [0.05, 0.1) is 0 Å². The lowest BCUT2D eigenvalue weighted by molar-refractivity contribution is 0.669. The molecule has 0 N–H and O–H groups in total. The number of rotatable bonds is 5. The molecular formula is C47H29N3O. The second-order valence-electron chi connectivity index (χ2n) is 12.8. The summed E-state index contributed by atoms with van der Waals surface area (Å²) in [5, 5.41) is 7.01. The number of hydrogen-bond acceptors (Lipinski definition) is 4. The maximum absolute atomic E-state index is 6.46. The van der Waals surface area contributed by atoms with Gasteiger partial charge >= 0.3 is 0 Å². The van der Waals surface area contributed by atoms with Crippen LogP contribution in [0.2, 0.25) is 0 Å². The average Bonchev–Trinajstić information content (AvgIpc) is 3.59. The molecule has 0 atom stereocenters. The third kappa shape index (κ3) is 5.04. The van der Waals surface area contributed by atoms with Crippen molar-refractivity contribution in [2.45, 2.75) is 0 Å². The predicted molar refractivity (Wildman–Crippen MR) is 209 cm³/mol. The van der Waals surface area contributed by atoms with Crippen molar-refractivity contribution >= 4 is 43.5 Å². The van der Waals surface area contributed by atoms with Crippen molar-refractivity contribution in [2.24, 2.45) is 0 Å². The fourth-order valence-corrected chi connectivity index (χ4v) is 7.28. The smallest absolute Gasteiger partial charge is 0.164 e. The highest BCUT2D eigenvalue weighted by Crippen LogP contribution is 2.41. The van der Waals surface area contributed by atoms with Gasteiger partial charge in [-0.2, -0.15) is 0 Å². The zero-order valence-electron chi connectivity index (χ0n) is 27.5. The minimum atomic E-state index is 0.602. The molecule has 8 aromatic carbocycles. The molecule has 0 spiro atoms. The molecule has 0 radical (unpaired) electrons. The van der Waals surface area contributed by atoms with E-state index in [1.807, 2.05) is 72.8 Å². The third-order valence-corrected chi connectivity index (χ3v) is 9.73. The van der Waals surface area contributed by atoms with Crippen LogP contribution in [-0.2, 0) is 0 Å². The summed E-state index contributed by atoms with van der Waals surface area (Å²) in [5.74, 6) is 1.86. The SMILES string of the molecule is c1ccc(-c2nc(-c3ccccc3)nc(-c3cccc4oc5ccc(-c6ccccc6-c6ccc7c(ccc8ccccc87)c6)cc5c34)n2)cc1. The van der Waals surface area contributed by atoms with E-state index in [1.54, 1.807) is 0 Å². The largest absolute Gasteiger partial charge is 0.456 e. The summed E-state index contributed by atoms with van der Waals surface area (Å²) in [7, 11) is 0. The zero-order valence-corrected chi connectivity index (χ0v) is 27.5. The van der Waals surface area contributed by atoms with Gasteiger partial charge in [-0.1, -0.05) is 152 Å². The van der Waals surface area contributed by atoms with Crippen LogP contribution in [0, 0.1) is 0 Å². The maximum Gasteiger partial charge on any atom is 0.164 e. The Morgan fingerprint density at radius 2 is 0.882 bits per heavy atom. The number of hydrogen-bond donors (Lipinski definition) is 0. The maximum atomic E-state index is 6.46. The van der Waals surface area contributed by atoms with Crippen molar-refractivity contribution in [2.75, 3.05) is 0 Å². The van der Waals surface area contributed by atoms with E-state index in [2.05, 4.69) is 103 Å². The van der Waals surface area contributed by atoms with E-state index in [-0.39, 0.29) is 0 Å². The number of aromatic nitrogens is 3. The van der Waals surface area contributed by atoms with Crippen LogP contribution < -0.4 is 0 Å². The molecule has 2 aromatic heterocycles. The van der Waals surface area contributed by atoms with Gasteiger partial charge in [-0.25, -0.2) is 15.0 Å². The quantitative estimate of drug-likeness (QED) is 0.174. The molecule has 51 heavy (non-hydrogen) atoms. The molecule has 10 aromatic rings. The van der Waals surface area contributed by atoms with Gasteiger partial charge in [-0.05, 0) is 68.1 Å². The van der Waals surface area contributed by atoms with E-state index in [1.165, 1.54) is 32.7 Å². The molecule has 2 heterocycles. The van der Waals surface area contributed by atoms with Crippen LogP contribution in [0.15, 0.2) is 180 Å². The van der Waals surface area contributed by atoms with Gasteiger partial charge in [0.25, 0.3) is 0 Å². The molecule has 0 aliphatic rings. The molecule has 0 saturated heterocycles. The van der Waals surface area contributed by atoms with Crippen LogP contribution in [-0.4, -0.2) is 15.0 Å². The van der Waals surface area contributed by atoms with Crippen LogP contribution in [0.5, 0.6) is 0 Å². The van der Waals surface area contributed by atoms with E-state index >= 15 is 0 Å². The fraction of sp³-hybridized carbons (Fsp3) is 0. The van der Waals surface area contributed by atoms with Gasteiger partial charge in [0.1, 0.15) is 11.2 Å². The molecule has 0 amide bonds. The first kappa shape index (κ1) is 29.0. The number of furan rings is 1. The first-order chi connectivity index (χ1) is 25.3. The Hall–Kier alpha value is -6.91. The Morgan fingerprint density at radius 3 is 1.63 bits per heavy atom. The van der Waals surface area contributed by atoms with Crippen LogP contribution in [0.25, 0.3) is 99.9 Å². The van der Waals surface area contributed by atoms with Gasteiger partial charge in [0.2, 0.25) is 0 Å². The Morgan fingerprint density at radius 1 is 0.314 bits per heavy atom. The van der Waals surface area contributed by atoms with Crippen molar-refractivity contribution in [1.82, 2.24) is 15.0 Å². The Bertz CT molecular complexity index is 2860. The van der Waals surface area contributed by atoms with Crippen molar-refractivity contribution < 1.29 is 4.42 Å². The van der Waals surface area contributed by atoms with E-state index in [0.717, 1.165) is 49.8 Å². The third-order valence-electron chi connectivity index (χ3n) is 9.73.